The Balaban J connectivity index is 0. The Morgan fingerprint density at radius 2 is 0.774 bits per heavy atom. The van der Waals surface area contributed by atoms with Crippen LogP contribution in [-0.4, -0.2) is 31.7 Å². The topological polar surface area (TPSA) is 0 Å². The highest BCUT2D eigenvalue weighted by molar-refractivity contribution is 4.59. The second-order valence-corrected chi connectivity index (χ2v) is 10.9. The fraction of sp³-hybridized carbons (Fsp3) is 1.00. The second kappa shape index (κ2) is 24.9. The molecule has 190 valence electrons. The molecule has 0 aromatic heterocycles. The van der Waals surface area contributed by atoms with Crippen LogP contribution >= 0.6 is 0 Å². The summed E-state index contributed by atoms with van der Waals surface area (Å²) in [5.41, 5.74) is 0. The van der Waals surface area contributed by atoms with E-state index in [-0.39, 0.29) is 12.4 Å². The highest BCUT2D eigenvalue weighted by atomic mass is 35.5. The molecule has 31 heavy (non-hydrogen) atoms. The van der Waals surface area contributed by atoms with Gasteiger partial charge in [0.1, 0.15) is 0 Å². The van der Waals surface area contributed by atoms with E-state index in [2.05, 4.69) is 34.9 Å². The monoisotopic (exact) mass is 459 g/mol. The summed E-state index contributed by atoms with van der Waals surface area (Å²) in [4.78, 5) is 0. The van der Waals surface area contributed by atoms with Crippen LogP contribution in [0, 0.1) is 5.92 Å². The Morgan fingerprint density at radius 3 is 1.13 bits per heavy atom. The standard InChI is InChI=1S/C29H62N.ClH/c1-6-24-29(25-7-2)26-22-20-18-16-14-12-10-9-11-13-15-17-19-21-23-28-30(4,5)27-8-3;/h29H,6-28H2,1-5H3;1H/q+1;/p-1. The molecule has 0 saturated carbocycles. The summed E-state index contributed by atoms with van der Waals surface area (Å²) in [6, 6.07) is 0. The molecular formula is C29H62ClN. The van der Waals surface area contributed by atoms with E-state index < -0.39 is 0 Å². The number of hydrogen-bond donors (Lipinski definition) is 0. The minimum Gasteiger partial charge on any atom is -1.00 e. The summed E-state index contributed by atoms with van der Waals surface area (Å²) in [6.07, 6.45) is 30.6. The summed E-state index contributed by atoms with van der Waals surface area (Å²) >= 11 is 0. The molecule has 0 bridgehead atoms. The zero-order chi connectivity index (χ0) is 22.3. The zero-order valence-corrected chi connectivity index (χ0v) is 23.4. The molecule has 0 N–H and O–H groups in total. The first-order valence-electron chi connectivity index (χ1n) is 14.4. The number of quaternary nitrogens is 1. The number of nitrogens with zero attached hydrogens (tertiary/aromatic N) is 1. The Kier molecular flexibility index (Phi) is 26.8. The SMILES string of the molecule is CCCC(CCC)CCCCCCCCCCCCCCCCC[N+](C)(C)CCC.[Cl-]. The van der Waals surface area contributed by atoms with Gasteiger partial charge in [0.05, 0.1) is 27.2 Å². The molecule has 0 rings (SSSR count). The summed E-state index contributed by atoms with van der Waals surface area (Å²) < 4.78 is 1.22. The Hall–Kier alpha value is 0.250. The third-order valence-corrected chi connectivity index (χ3v) is 7.10. The van der Waals surface area contributed by atoms with Crippen LogP contribution in [0.2, 0.25) is 0 Å². The Labute approximate surface area is 205 Å². The molecule has 0 radical (unpaired) electrons. The number of halogens is 1. The van der Waals surface area contributed by atoms with Crippen LogP contribution in [-0.2, 0) is 0 Å². The van der Waals surface area contributed by atoms with E-state index in [0.29, 0.717) is 0 Å². The number of rotatable bonds is 24. The first-order valence-corrected chi connectivity index (χ1v) is 14.4. The van der Waals surface area contributed by atoms with E-state index >= 15 is 0 Å². The molecule has 0 aromatic carbocycles. The second-order valence-electron chi connectivity index (χ2n) is 10.9. The molecule has 1 nitrogen and oxygen atoms in total. The predicted molar refractivity (Wildman–Crippen MR) is 139 cm³/mol. The smallest absolute Gasteiger partial charge is 0.0782 e. The van der Waals surface area contributed by atoms with Crippen LogP contribution in [0.15, 0.2) is 0 Å². The van der Waals surface area contributed by atoms with Crippen molar-refractivity contribution in [3.8, 4) is 0 Å². The fourth-order valence-electron chi connectivity index (χ4n) is 5.24. The van der Waals surface area contributed by atoms with E-state index in [9.17, 15) is 0 Å². The maximum absolute atomic E-state index is 2.39. The number of hydrogen-bond acceptors (Lipinski definition) is 0. The van der Waals surface area contributed by atoms with Gasteiger partial charge in [-0.05, 0) is 25.2 Å². The maximum Gasteiger partial charge on any atom is 0.0782 e. The van der Waals surface area contributed by atoms with Gasteiger partial charge in [-0.25, -0.2) is 0 Å². The van der Waals surface area contributed by atoms with Crippen molar-refractivity contribution in [2.24, 2.45) is 5.92 Å². The van der Waals surface area contributed by atoms with E-state index in [1.165, 1.54) is 152 Å². The van der Waals surface area contributed by atoms with Crippen molar-refractivity contribution in [3.63, 3.8) is 0 Å². The molecule has 0 spiro atoms. The van der Waals surface area contributed by atoms with Gasteiger partial charge >= 0.3 is 0 Å². The van der Waals surface area contributed by atoms with Gasteiger partial charge in [0.25, 0.3) is 0 Å². The molecule has 2 heteroatoms. The van der Waals surface area contributed by atoms with Crippen LogP contribution in [0.4, 0.5) is 0 Å². The molecule has 0 aliphatic heterocycles. The van der Waals surface area contributed by atoms with Crippen LogP contribution in [0.5, 0.6) is 0 Å². The molecular weight excluding hydrogens is 398 g/mol. The quantitative estimate of drug-likeness (QED) is 0.108. The van der Waals surface area contributed by atoms with Gasteiger partial charge in [-0.1, -0.05) is 136 Å². The fourth-order valence-corrected chi connectivity index (χ4v) is 5.24. The lowest BCUT2D eigenvalue weighted by Gasteiger charge is -2.29. The van der Waals surface area contributed by atoms with Crippen LogP contribution in [0.25, 0.3) is 0 Å². The van der Waals surface area contributed by atoms with E-state index in [0.717, 1.165) is 5.92 Å². The molecule has 0 unspecified atom stereocenters. The lowest BCUT2D eigenvalue weighted by Crippen LogP contribution is -3.00. The van der Waals surface area contributed by atoms with Gasteiger partial charge < -0.3 is 16.9 Å². The van der Waals surface area contributed by atoms with Crippen molar-refractivity contribution in [2.45, 2.75) is 156 Å². The maximum atomic E-state index is 2.39. The van der Waals surface area contributed by atoms with Crippen molar-refractivity contribution in [1.82, 2.24) is 0 Å². The largest absolute Gasteiger partial charge is 1.00 e. The first-order chi connectivity index (χ1) is 14.6. The molecule has 0 fully saturated rings. The number of unbranched alkanes of at least 4 members (excludes halogenated alkanes) is 14. The summed E-state index contributed by atoms with van der Waals surface area (Å²) in [5, 5.41) is 0. The third-order valence-electron chi connectivity index (χ3n) is 7.10. The van der Waals surface area contributed by atoms with Crippen molar-refractivity contribution in [2.75, 3.05) is 27.2 Å². The molecule has 0 atom stereocenters. The summed E-state index contributed by atoms with van der Waals surface area (Å²) in [6.45, 7) is 9.70. The van der Waals surface area contributed by atoms with Crippen LogP contribution < -0.4 is 12.4 Å². The molecule has 0 amide bonds. The molecule has 0 aliphatic carbocycles. The summed E-state index contributed by atoms with van der Waals surface area (Å²) in [5.74, 6) is 1.03. The molecule has 0 saturated heterocycles. The van der Waals surface area contributed by atoms with Gasteiger partial charge in [-0.3, -0.25) is 0 Å². The highest BCUT2D eigenvalue weighted by Gasteiger charge is 2.12. The van der Waals surface area contributed by atoms with Crippen LogP contribution in [0.1, 0.15) is 156 Å². The van der Waals surface area contributed by atoms with Crippen molar-refractivity contribution in [3.05, 3.63) is 0 Å². The Morgan fingerprint density at radius 1 is 0.419 bits per heavy atom. The molecule has 0 heterocycles. The van der Waals surface area contributed by atoms with Crippen molar-refractivity contribution in [1.29, 1.82) is 0 Å². The van der Waals surface area contributed by atoms with Crippen LogP contribution in [0.3, 0.4) is 0 Å². The van der Waals surface area contributed by atoms with Gasteiger partial charge in [0.2, 0.25) is 0 Å². The minimum absolute atomic E-state index is 0. The van der Waals surface area contributed by atoms with Gasteiger partial charge in [0, 0.05) is 0 Å². The Bertz CT molecular complexity index is 323. The molecule has 0 aliphatic rings. The predicted octanol–water partition coefficient (Wildman–Crippen LogP) is 6.93. The van der Waals surface area contributed by atoms with E-state index in [1.807, 2.05) is 0 Å². The third kappa shape index (κ3) is 24.7. The molecule has 0 aromatic rings. The van der Waals surface area contributed by atoms with Gasteiger partial charge in [0.15, 0.2) is 0 Å². The average molecular weight is 460 g/mol. The zero-order valence-electron chi connectivity index (χ0n) is 22.7. The van der Waals surface area contributed by atoms with Gasteiger partial charge in [-0.2, -0.15) is 0 Å². The van der Waals surface area contributed by atoms with Crippen molar-refractivity contribution >= 4 is 0 Å². The van der Waals surface area contributed by atoms with Crippen molar-refractivity contribution < 1.29 is 16.9 Å². The average Bonchev–Trinajstić information content (AvgIpc) is 2.70. The van der Waals surface area contributed by atoms with Gasteiger partial charge in [-0.15, -0.1) is 0 Å². The summed E-state index contributed by atoms with van der Waals surface area (Å²) in [7, 11) is 4.78. The first kappa shape index (κ1) is 33.4. The van der Waals surface area contributed by atoms with E-state index in [1.54, 1.807) is 0 Å². The lowest BCUT2D eigenvalue weighted by atomic mass is 9.92. The van der Waals surface area contributed by atoms with E-state index in [4.69, 9.17) is 0 Å². The highest BCUT2D eigenvalue weighted by Crippen LogP contribution is 2.21. The normalized spacial score (nSPS) is 11.8. The lowest BCUT2D eigenvalue weighted by molar-refractivity contribution is -0.890. The minimum atomic E-state index is 0.